The monoisotopic (exact) mass is 264 g/mol. The van der Waals surface area contributed by atoms with Crippen LogP contribution in [0.2, 0.25) is 0 Å². The third-order valence-electron chi connectivity index (χ3n) is 3.36. The molecule has 0 amide bonds. The Hall–Kier alpha value is -1.36. The fourth-order valence-corrected chi connectivity index (χ4v) is 2.15. The minimum absolute atomic E-state index is 0.762. The standard InChI is InChI=1S/C14H24N4O/c1-4-5-6-17(3)13-11-12(2)15-14(16-13)18-7-9-19-10-8-18/h11H,4-10H2,1-3H3. The lowest BCUT2D eigenvalue weighted by atomic mass is 10.3. The summed E-state index contributed by atoms with van der Waals surface area (Å²) in [6.45, 7) is 8.55. The number of aromatic nitrogens is 2. The van der Waals surface area contributed by atoms with E-state index in [0.717, 1.165) is 50.3 Å². The average molecular weight is 264 g/mol. The number of hydrogen-bond donors (Lipinski definition) is 0. The van der Waals surface area contributed by atoms with Crippen molar-refractivity contribution in [2.45, 2.75) is 26.7 Å². The Morgan fingerprint density at radius 2 is 2.05 bits per heavy atom. The summed E-state index contributed by atoms with van der Waals surface area (Å²) in [5.41, 5.74) is 1.02. The summed E-state index contributed by atoms with van der Waals surface area (Å²) in [6, 6.07) is 2.06. The van der Waals surface area contributed by atoms with Gasteiger partial charge in [-0.3, -0.25) is 0 Å². The molecule has 1 aromatic rings. The summed E-state index contributed by atoms with van der Waals surface area (Å²) >= 11 is 0. The van der Waals surface area contributed by atoms with Crippen LogP contribution in [-0.4, -0.2) is 49.9 Å². The zero-order chi connectivity index (χ0) is 13.7. The maximum absolute atomic E-state index is 5.37. The lowest BCUT2D eigenvalue weighted by Crippen LogP contribution is -2.37. The molecule has 1 saturated heterocycles. The first-order valence-corrected chi connectivity index (χ1v) is 7.10. The number of ether oxygens (including phenoxy) is 1. The molecule has 2 heterocycles. The van der Waals surface area contributed by atoms with Gasteiger partial charge in [0.2, 0.25) is 5.95 Å². The molecule has 1 aliphatic rings. The third kappa shape index (κ3) is 3.80. The van der Waals surface area contributed by atoms with Gasteiger partial charge >= 0.3 is 0 Å². The molecule has 0 bridgehead atoms. The molecule has 5 nitrogen and oxygen atoms in total. The number of nitrogens with zero attached hydrogens (tertiary/aromatic N) is 4. The van der Waals surface area contributed by atoms with Crippen molar-refractivity contribution in [2.24, 2.45) is 0 Å². The molecule has 0 unspecified atom stereocenters. The summed E-state index contributed by atoms with van der Waals surface area (Å²) in [7, 11) is 2.10. The Morgan fingerprint density at radius 1 is 1.32 bits per heavy atom. The highest BCUT2D eigenvalue weighted by Crippen LogP contribution is 2.17. The number of morpholine rings is 1. The minimum atomic E-state index is 0.762. The maximum atomic E-state index is 5.37. The van der Waals surface area contributed by atoms with Crippen LogP contribution < -0.4 is 9.80 Å². The normalized spacial score (nSPS) is 15.6. The number of hydrogen-bond acceptors (Lipinski definition) is 5. The van der Waals surface area contributed by atoms with E-state index in [0.29, 0.717) is 0 Å². The van der Waals surface area contributed by atoms with Crippen molar-refractivity contribution in [3.05, 3.63) is 11.8 Å². The van der Waals surface area contributed by atoms with Gasteiger partial charge in [0.1, 0.15) is 5.82 Å². The van der Waals surface area contributed by atoms with Crippen LogP contribution in [0.3, 0.4) is 0 Å². The van der Waals surface area contributed by atoms with E-state index in [9.17, 15) is 0 Å². The topological polar surface area (TPSA) is 41.5 Å². The SMILES string of the molecule is CCCCN(C)c1cc(C)nc(N2CCOCC2)n1. The lowest BCUT2D eigenvalue weighted by molar-refractivity contribution is 0.122. The molecule has 1 aliphatic heterocycles. The molecule has 5 heteroatoms. The van der Waals surface area contributed by atoms with Gasteiger partial charge in [-0.1, -0.05) is 13.3 Å². The summed E-state index contributed by atoms with van der Waals surface area (Å²) in [4.78, 5) is 13.7. The smallest absolute Gasteiger partial charge is 0.227 e. The van der Waals surface area contributed by atoms with Crippen molar-refractivity contribution in [3.8, 4) is 0 Å². The maximum Gasteiger partial charge on any atom is 0.227 e. The molecule has 0 spiro atoms. The summed E-state index contributed by atoms with van der Waals surface area (Å²) in [6.07, 6.45) is 2.39. The molecule has 1 aromatic heterocycles. The molecular weight excluding hydrogens is 240 g/mol. The second-order valence-electron chi connectivity index (χ2n) is 5.04. The first kappa shape index (κ1) is 14.1. The van der Waals surface area contributed by atoms with Crippen LogP contribution in [0, 0.1) is 6.92 Å². The van der Waals surface area contributed by atoms with Gasteiger partial charge in [0.05, 0.1) is 13.2 Å². The molecule has 0 aliphatic carbocycles. The van der Waals surface area contributed by atoms with Gasteiger partial charge in [-0.15, -0.1) is 0 Å². The van der Waals surface area contributed by atoms with E-state index >= 15 is 0 Å². The van der Waals surface area contributed by atoms with Gasteiger partial charge in [0.15, 0.2) is 0 Å². The molecule has 0 atom stereocenters. The van der Waals surface area contributed by atoms with Crippen LogP contribution in [0.1, 0.15) is 25.5 Å². The number of unbranched alkanes of at least 4 members (excludes halogenated alkanes) is 1. The number of rotatable bonds is 5. The Balaban J connectivity index is 2.13. The predicted molar refractivity (Wildman–Crippen MR) is 78.0 cm³/mol. The molecule has 19 heavy (non-hydrogen) atoms. The van der Waals surface area contributed by atoms with E-state index in [2.05, 4.69) is 34.8 Å². The van der Waals surface area contributed by atoms with Gasteiger partial charge < -0.3 is 14.5 Å². The van der Waals surface area contributed by atoms with Crippen LogP contribution in [0.15, 0.2) is 6.07 Å². The van der Waals surface area contributed by atoms with E-state index < -0.39 is 0 Å². The average Bonchev–Trinajstić information content (AvgIpc) is 2.45. The third-order valence-corrected chi connectivity index (χ3v) is 3.36. The first-order valence-electron chi connectivity index (χ1n) is 7.10. The van der Waals surface area contributed by atoms with Gasteiger partial charge in [-0.2, -0.15) is 4.98 Å². The van der Waals surface area contributed by atoms with Crippen LogP contribution in [-0.2, 0) is 4.74 Å². The zero-order valence-corrected chi connectivity index (χ0v) is 12.2. The highest BCUT2D eigenvalue weighted by atomic mass is 16.5. The summed E-state index contributed by atoms with van der Waals surface area (Å²) in [5, 5.41) is 0. The van der Waals surface area contributed by atoms with Gasteiger partial charge in [0, 0.05) is 38.4 Å². The van der Waals surface area contributed by atoms with E-state index in [1.165, 1.54) is 12.8 Å². The van der Waals surface area contributed by atoms with Gasteiger partial charge in [-0.25, -0.2) is 4.98 Å². The summed E-state index contributed by atoms with van der Waals surface area (Å²) in [5.74, 6) is 1.85. The quantitative estimate of drug-likeness (QED) is 0.812. The van der Waals surface area contributed by atoms with Crippen molar-refractivity contribution >= 4 is 11.8 Å². The van der Waals surface area contributed by atoms with E-state index in [-0.39, 0.29) is 0 Å². The largest absolute Gasteiger partial charge is 0.378 e. The first-order chi connectivity index (χ1) is 9.20. The fourth-order valence-electron chi connectivity index (χ4n) is 2.15. The van der Waals surface area contributed by atoms with Crippen molar-refractivity contribution < 1.29 is 4.74 Å². The lowest BCUT2D eigenvalue weighted by Gasteiger charge is -2.28. The molecule has 106 valence electrons. The molecule has 1 fully saturated rings. The van der Waals surface area contributed by atoms with Crippen molar-refractivity contribution in [1.82, 2.24) is 9.97 Å². The number of aryl methyl sites for hydroxylation is 1. The Morgan fingerprint density at radius 3 is 2.74 bits per heavy atom. The highest BCUT2D eigenvalue weighted by molar-refractivity contribution is 5.45. The Labute approximate surface area is 115 Å². The predicted octanol–water partition coefficient (Wildman–Crippen LogP) is 1.86. The Kier molecular flexibility index (Phi) is 4.96. The van der Waals surface area contributed by atoms with E-state index in [4.69, 9.17) is 9.72 Å². The second kappa shape index (κ2) is 6.70. The molecule has 0 saturated carbocycles. The molecule has 0 N–H and O–H groups in total. The number of anilines is 2. The van der Waals surface area contributed by atoms with Gasteiger partial charge in [0.25, 0.3) is 0 Å². The van der Waals surface area contributed by atoms with Crippen molar-refractivity contribution in [1.29, 1.82) is 0 Å². The van der Waals surface area contributed by atoms with Crippen LogP contribution in [0.25, 0.3) is 0 Å². The molecular formula is C14H24N4O. The summed E-state index contributed by atoms with van der Waals surface area (Å²) < 4.78 is 5.37. The van der Waals surface area contributed by atoms with E-state index in [1.54, 1.807) is 0 Å². The minimum Gasteiger partial charge on any atom is -0.378 e. The zero-order valence-electron chi connectivity index (χ0n) is 12.2. The highest BCUT2D eigenvalue weighted by Gasteiger charge is 2.15. The fraction of sp³-hybridized carbons (Fsp3) is 0.714. The van der Waals surface area contributed by atoms with Crippen molar-refractivity contribution in [2.75, 3.05) is 49.7 Å². The Bertz CT molecular complexity index is 404. The molecule has 0 radical (unpaired) electrons. The van der Waals surface area contributed by atoms with Gasteiger partial charge in [-0.05, 0) is 13.3 Å². The van der Waals surface area contributed by atoms with Crippen LogP contribution >= 0.6 is 0 Å². The van der Waals surface area contributed by atoms with E-state index in [1.807, 2.05) is 6.92 Å². The molecule has 0 aromatic carbocycles. The van der Waals surface area contributed by atoms with Crippen molar-refractivity contribution in [3.63, 3.8) is 0 Å². The molecule has 2 rings (SSSR count). The van der Waals surface area contributed by atoms with Crippen LogP contribution in [0.5, 0.6) is 0 Å². The second-order valence-corrected chi connectivity index (χ2v) is 5.04. The van der Waals surface area contributed by atoms with Crippen LogP contribution in [0.4, 0.5) is 11.8 Å².